The molecule has 0 amide bonds. The van der Waals surface area contributed by atoms with Crippen molar-refractivity contribution in [2.24, 2.45) is 0 Å². The number of rotatable bonds is 2. The molecule has 0 radical (unpaired) electrons. The molecule has 1 aromatic carbocycles. The van der Waals surface area contributed by atoms with Crippen LogP contribution in [0.15, 0.2) is 24.3 Å². The third kappa shape index (κ3) is 2.75. The molecule has 0 bridgehead atoms. The predicted octanol–water partition coefficient (Wildman–Crippen LogP) is 1.17. The second kappa shape index (κ2) is 5.84. The minimum atomic E-state index is -3.16. The Hall–Kier alpha value is -0.910. The van der Waals surface area contributed by atoms with Crippen LogP contribution in [0.1, 0.15) is 24.0 Å². The molecule has 5 heteroatoms. The first-order valence-electron chi connectivity index (χ1n) is 7.44. The minimum Gasteiger partial charge on any atom is -0.315 e. The smallest absolute Gasteiger partial charge is 0.218 e. The fourth-order valence-electron chi connectivity index (χ4n) is 3.19. The van der Waals surface area contributed by atoms with E-state index in [1.54, 1.807) is 4.31 Å². The third-order valence-corrected chi connectivity index (χ3v) is 6.74. The summed E-state index contributed by atoms with van der Waals surface area (Å²) >= 11 is 0. The zero-order valence-corrected chi connectivity index (χ0v) is 12.5. The molecule has 0 saturated carbocycles. The monoisotopic (exact) mass is 294 g/mol. The second-order valence-electron chi connectivity index (χ2n) is 5.68. The number of sulfonamides is 1. The summed E-state index contributed by atoms with van der Waals surface area (Å²) in [5, 5.41) is 2.97. The van der Waals surface area contributed by atoms with Crippen molar-refractivity contribution in [2.75, 3.05) is 26.2 Å². The molecule has 3 rings (SSSR count). The average Bonchev–Trinajstić information content (AvgIpc) is 2.71. The highest BCUT2D eigenvalue weighted by Crippen LogP contribution is 2.21. The van der Waals surface area contributed by atoms with Gasteiger partial charge in [0, 0.05) is 19.6 Å². The summed E-state index contributed by atoms with van der Waals surface area (Å²) < 4.78 is 27.2. The van der Waals surface area contributed by atoms with E-state index in [-0.39, 0.29) is 5.25 Å². The van der Waals surface area contributed by atoms with E-state index in [4.69, 9.17) is 0 Å². The molecule has 1 N–H and O–H groups in total. The van der Waals surface area contributed by atoms with Crippen molar-refractivity contribution >= 4 is 10.0 Å². The van der Waals surface area contributed by atoms with E-state index in [9.17, 15) is 8.42 Å². The fraction of sp³-hybridized carbons (Fsp3) is 0.600. The molecule has 2 aliphatic rings. The van der Waals surface area contributed by atoms with Crippen molar-refractivity contribution in [3.8, 4) is 0 Å². The molecular formula is C15H22N2O2S. The lowest BCUT2D eigenvalue weighted by Crippen LogP contribution is -2.47. The van der Waals surface area contributed by atoms with E-state index in [1.807, 2.05) is 12.1 Å². The number of nitrogens with zero attached hydrogens (tertiary/aromatic N) is 1. The highest BCUT2D eigenvalue weighted by molar-refractivity contribution is 7.89. The molecule has 1 saturated heterocycles. The van der Waals surface area contributed by atoms with E-state index in [2.05, 4.69) is 17.4 Å². The maximum Gasteiger partial charge on any atom is 0.218 e. The van der Waals surface area contributed by atoms with Crippen molar-refractivity contribution in [3.05, 3.63) is 35.4 Å². The van der Waals surface area contributed by atoms with E-state index in [1.165, 1.54) is 11.1 Å². The van der Waals surface area contributed by atoms with Crippen LogP contribution in [0.3, 0.4) is 0 Å². The van der Waals surface area contributed by atoms with Gasteiger partial charge in [0.1, 0.15) is 0 Å². The molecule has 20 heavy (non-hydrogen) atoms. The number of hydrogen-bond acceptors (Lipinski definition) is 3. The van der Waals surface area contributed by atoms with Gasteiger partial charge in [0.15, 0.2) is 0 Å². The molecule has 4 nitrogen and oxygen atoms in total. The van der Waals surface area contributed by atoms with E-state index < -0.39 is 10.0 Å². The SMILES string of the molecule is O=S(=O)(C1CCCNC1)N1CCc2ccccc2CC1. The second-order valence-corrected chi connectivity index (χ2v) is 7.89. The van der Waals surface area contributed by atoms with Gasteiger partial charge in [-0.15, -0.1) is 0 Å². The summed E-state index contributed by atoms with van der Waals surface area (Å²) in [5.41, 5.74) is 2.60. The Kier molecular flexibility index (Phi) is 4.10. The standard InChI is InChI=1S/C15H22N2O2S/c18-20(19,15-6-3-9-16-12-15)17-10-7-13-4-1-2-5-14(13)8-11-17/h1-2,4-5,15-16H,3,6-12H2. The van der Waals surface area contributed by atoms with Crippen LogP contribution < -0.4 is 5.32 Å². The van der Waals surface area contributed by atoms with Gasteiger partial charge in [-0.3, -0.25) is 0 Å². The summed E-state index contributed by atoms with van der Waals surface area (Å²) in [7, 11) is -3.16. The largest absolute Gasteiger partial charge is 0.315 e. The first-order chi connectivity index (χ1) is 9.68. The maximum absolute atomic E-state index is 12.7. The zero-order valence-electron chi connectivity index (χ0n) is 11.7. The maximum atomic E-state index is 12.7. The van der Waals surface area contributed by atoms with Crippen LogP contribution in [-0.2, 0) is 22.9 Å². The van der Waals surface area contributed by atoms with Gasteiger partial charge in [-0.1, -0.05) is 24.3 Å². The molecule has 0 aliphatic carbocycles. The van der Waals surface area contributed by atoms with E-state index >= 15 is 0 Å². The van der Waals surface area contributed by atoms with Gasteiger partial charge in [-0.05, 0) is 43.4 Å². The topological polar surface area (TPSA) is 49.4 Å². The quantitative estimate of drug-likeness (QED) is 0.891. The molecule has 110 valence electrons. The fourth-order valence-corrected chi connectivity index (χ4v) is 5.09. The van der Waals surface area contributed by atoms with E-state index in [0.29, 0.717) is 19.6 Å². The van der Waals surface area contributed by atoms with Crippen molar-refractivity contribution in [1.82, 2.24) is 9.62 Å². The van der Waals surface area contributed by atoms with Crippen LogP contribution in [0.4, 0.5) is 0 Å². The van der Waals surface area contributed by atoms with Gasteiger partial charge in [0.05, 0.1) is 5.25 Å². The van der Waals surface area contributed by atoms with Crippen molar-refractivity contribution in [2.45, 2.75) is 30.9 Å². The normalized spacial score (nSPS) is 24.9. The molecule has 0 aromatic heterocycles. The van der Waals surface area contributed by atoms with Gasteiger partial charge >= 0.3 is 0 Å². The Bertz CT molecular complexity index is 538. The lowest BCUT2D eigenvalue weighted by atomic mass is 10.0. The average molecular weight is 294 g/mol. The van der Waals surface area contributed by atoms with Crippen LogP contribution in [0.2, 0.25) is 0 Å². The number of hydrogen-bond donors (Lipinski definition) is 1. The Balaban J connectivity index is 1.75. The first-order valence-corrected chi connectivity index (χ1v) is 8.95. The van der Waals surface area contributed by atoms with Crippen molar-refractivity contribution < 1.29 is 8.42 Å². The lowest BCUT2D eigenvalue weighted by Gasteiger charge is -2.29. The Morgan fingerprint density at radius 3 is 2.30 bits per heavy atom. The van der Waals surface area contributed by atoms with Crippen LogP contribution in [0.5, 0.6) is 0 Å². The van der Waals surface area contributed by atoms with E-state index in [0.717, 1.165) is 32.2 Å². The van der Waals surface area contributed by atoms with Gasteiger partial charge in [0.2, 0.25) is 10.0 Å². The highest BCUT2D eigenvalue weighted by Gasteiger charge is 2.33. The molecule has 1 aromatic rings. The Labute approximate surface area is 121 Å². The van der Waals surface area contributed by atoms with Gasteiger partial charge in [0.25, 0.3) is 0 Å². The molecule has 1 fully saturated rings. The van der Waals surface area contributed by atoms with Crippen LogP contribution in [0.25, 0.3) is 0 Å². The lowest BCUT2D eigenvalue weighted by molar-refractivity contribution is 0.402. The van der Waals surface area contributed by atoms with Crippen LogP contribution in [0, 0.1) is 0 Å². The Morgan fingerprint density at radius 1 is 1.10 bits per heavy atom. The summed E-state index contributed by atoms with van der Waals surface area (Å²) in [4.78, 5) is 0. The van der Waals surface area contributed by atoms with Crippen molar-refractivity contribution in [3.63, 3.8) is 0 Å². The molecular weight excluding hydrogens is 272 g/mol. The van der Waals surface area contributed by atoms with Crippen LogP contribution >= 0.6 is 0 Å². The van der Waals surface area contributed by atoms with Gasteiger partial charge in [-0.2, -0.15) is 0 Å². The Morgan fingerprint density at radius 2 is 1.75 bits per heavy atom. The molecule has 1 unspecified atom stereocenters. The molecule has 1 atom stereocenters. The number of piperidine rings is 1. The summed E-state index contributed by atoms with van der Waals surface area (Å²) in [6.07, 6.45) is 3.40. The number of nitrogens with one attached hydrogen (secondary N) is 1. The number of fused-ring (bicyclic) bond motifs is 1. The predicted molar refractivity (Wildman–Crippen MR) is 80.2 cm³/mol. The number of benzene rings is 1. The molecule has 0 spiro atoms. The minimum absolute atomic E-state index is 0.238. The van der Waals surface area contributed by atoms with Gasteiger partial charge in [-0.25, -0.2) is 12.7 Å². The molecule has 2 aliphatic heterocycles. The van der Waals surface area contributed by atoms with Crippen LogP contribution in [-0.4, -0.2) is 44.2 Å². The molecule has 2 heterocycles. The van der Waals surface area contributed by atoms with Gasteiger partial charge < -0.3 is 5.32 Å². The van der Waals surface area contributed by atoms with Crippen molar-refractivity contribution in [1.29, 1.82) is 0 Å². The summed E-state index contributed by atoms with van der Waals surface area (Å²) in [5.74, 6) is 0. The first kappa shape index (κ1) is 14.0. The summed E-state index contributed by atoms with van der Waals surface area (Å²) in [6, 6.07) is 8.31. The highest BCUT2D eigenvalue weighted by atomic mass is 32.2. The summed E-state index contributed by atoms with van der Waals surface area (Å²) in [6.45, 7) is 2.79. The third-order valence-electron chi connectivity index (χ3n) is 4.41. The zero-order chi connectivity index (χ0) is 14.0.